The first-order valence-electron chi connectivity index (χ1n) is 5.79. The van der Waals surface area contributed by atoms with Gasteiger partial charge in [-0.1, -0.05) is 22.0 Å². The zero-order valence-corrected chi connectivity index (χ0v) is 11.4. The molecule has 0 radical (unpaired) electrons. The molecule has 1 atom stereocenters. The summed E-state index contributed by atoms with van der Waals surface area (Å²) in [7, 11) is 0. The Kier molecular flexibility index (Phi) is 2.91. The number of hydrogen-bond donors (Lipinski definition) is 3. The number of amides is 1. The van der Waals surface area contributed by atoms with Crippen LogP contribution in [0.15, 0.2) is 46.9 Å². The van der Waals surface area contributed by atoms with Gasteiger partial charge in [0, 0.05) is 21.4 Å². The quantitative estimate of drug-likeness (QED) is 0.745. The van der Waals surface area contributed by atoms with Crippen molar-refractivity contribution >= 4 is 33.2 Å². The Morgan fingerprint density at radius 3 is 2.63 bits per heavy atom. The van der Waals surface area contributed by atoms with Gasteiger partial charge < -0.3 is 15.7 Å². The van der Waals surface area contributed by atoms with E-state index in [1.807, 2.05) is 18.2 Å². The van der Waals surface area contributed by atoms with E-state index in [2.05, 4.69) is 26.6 Å². The number of hydrogen-bond acceptors (Lipinski definition) is 3. The van der Waals surface area contributed by atoms with E-state index in [9.17, 15) is 9.90 Å². The van der Waals surface area contributed by atoms with E-state index in [-0.39, 0.29) is 11.7 Å². The van der Waals surface area contributed by atoms with E-state index in [4.69, 9.17) is 0 Å². The Labute approximate surface area is 118 Å². The highest BCUT2D eigenvalue weighted by atomic mass is 79.9. The molecular formula is C14H11BrN2O2. The number of carbonyl (C=O) groups excluding carboxylic acids is 1. The Bertz CT molecular complexity index is 640. The van der Waals surface area contributed by atoms with Crippen molar-refractivity contribution in [2.45, 2.75) is 6.04 Å². The summed E-state index contributed by atoms with van der Waals surface area (Å²) in [6, 6.07) is 11.9. The minimum atomic E-state index is -0.410. The number of aromatic hydroxyl groups is 1. The summed E-state index contributed by atoms with van der Waals surface area (Å²) in [6.07, 6.45) is 0. The topological polar surface area (TPSA) is 61.4 Å². The average molecular weight is 319 g/mol. The Hall–Kier alpha value is -2.01. The molecule has 0 saturated heterocycles. The molecule has 1 aliphatic rings. The summed E-state index contributed by atoms with van der Waals surface area (Å²) in [4.78, 5) is 12.0. The SMILES string of the molecule is O=C1Nc2cc(Br)ccc2C1Nc1ccc(O)cc1. The minimum Gasteiger partial charge on any atom is -0.508 e. The molecule has 0 spiro atoms. The number of anilines is 2. The van der Waals surface area contributed by atoms with Crippen LogP contribution in [0.25, 0.3) is 0 Å². The molecule has 3 N–H and O–H groups in total. The summed E-state index contributed by atoms with van der Waals surface area (Å²) in [5, 5.41) is 15.2. The number of carbonyl (C=O) groups is 1. The van der Waals surface area contributed by atoms with Gasteiger partial charge in [-0.15, -0.1) is 0 Å². The Morgan fingerprint density at radius 1 is 1.16 bits per heavy atom. The summed E-state index contributed by atoms with van der Waals surface area (Å²) in [5.41, 5.74) is 2.52. The lowest BCUT2D eigenvalue weighted by atomic mass is 10.1. The molecule has 4 nitrogen and oxygen atoms in total. The van der Waals surface area contributed by atoms with Gasteiger partial charge in [0.25, 0.3) is 5.91 Å². The molecule has 0 aromatic heterocycles. The predicted molar refractivity (Wildman–Crippen MR) is 77.2 cm³/mol. The van der Waals surface area contributed by atoms with Crippen LogP contribution in [0.1, 0.15) is 11.6 Å². The van der Waals surface area contributed by atoms with Crippen LogP contribution in [-0.4, -0.2) is 11.0 Å². The van der Waals surface area contributed by atoms with Crippen molar-refractivity contribution in [3.05, 3.63) is 52.5 Å². The molecule has 0 fully saturated rings. The average Bonchev–Trinajstić information content (AvgIpc) is 2.68. The fraction of sp³-hybridized carbons (Fsp3) is 0.0714. The van der Waals surface area contributed by atoms with Gasteiger partial charge in [-0.05, 0) is 36.4 Å². The van der Waals surface area contributed by atoms with Crippen LogP contribution in [0, 0.1) is 0 Å². The minimum absolute atomic E-state index is 0.0822. The highest BCUT2D eigenvalue weighted by molar-refractivity contribution is 9.10. The summed E-state index contributed by atoms with van der Waals surface area (Å²) < 4.78 is 0.928. The molecule has 0 bridgehead atoms. The van der Waals surface area contributed by atoms with Crippen molar-refractivity contribution in [2.75, 3.05) is 10.6 Å². The lowest BCUT2D eigenvalue weighted by Gasteiger charge is -2.13. The van der Waals surface area contributed by atoms with Crippen LogP contribution in [0.5, 0.6) is 5.75 Å². The number of benzene rings is 2. The molecule has 0 saturated carbocycles. The fourth-order valence-corrected chi connectivity index (χ4v) is 2.46. The molecular weight excluding hydrogens is 308 g/mol. The number of phenols is 1. The standard InChI is InChI=1S/C14H11BrN2O2/c15-8-1-6-11-12(7-8)17-14(19)13(11)16-9-2-4-10(18)5-3-9/h1-7,13,16,18H,(H,17,19). The smallest absolute Gasteiger partial charge is 0.251 e. The van der Waals surface area contributed by atoms with Gasteiger partial charge in [-0.25, -0.2) is 0 Å². The van der Waals surface area contributed by atoms with Crippen LogP contribution < -0.4 is 10.6 Å². The van der Waals surface area contributed by atoms with Crippen molar-refractivity contribution in [3.8, 4) is 5.75 Å². The molecule has 96 valence electrons. The zero-order valence-electron chi connectivity index (χ0n) is 9.85. The summed E-state index contributed by atoms with van der Waals surface area (Å²) >= 11 is 3.38. The molecule has 1 amide bonds. The summed E-state index contributed by atoms with van der Waals surface area (Å²) in [5.74, 6) is 0.118. The molecule has 19 heavy (non-hydrogen) atoms. The van der Waals surface area contributed by atoms with E-state index in [1.165, 1.54) is 0 Å². The highest BCUT2D eigenvalue weighted by Crippen LogP contribution is 2.35. The number of rotatable bonds is 2. The van der Waals surface area contributed by atoms with Crippen molar-refractivity contribution in [3.63, 3.8) is 0 Å². The molecule has 0 aliphatic carbocycles. The maximum atomic E-state index is 12.0. The van der Waals surface area contributed by atoms with Gasteiger partial charge in [-0.2, -0.15) is 0 Å². The van der Waals surface area contributed by atoms with E-state index >= 15 is 0 Å². The van der Waals surface area contributed by atoms with Gasteiger partial charge in [0.15, 0.2) is 0 Å². The van der Waals surface area contributed by atoms with Gasteiger partial charge in [-0.3, -0.25) is 4.79 Å². The first-order chi connectivity index (χ1) is 9.13. The van der Waals surface area contributed by atoms with E-state index in [1.54, 1.807) is 24.3 Å². The van der Waals surface area contributed by atoms with Gasteiger partial charge in [0.05, 0.1) is 0 Å². The second kappa shape index (κ2) is 4.59. The van der Waals surface area contributed by atoms with Gasteiger partial charge >= 0.3 is 0 Å². The van der Waals surface area contributed by atoms with E-state index in [0.29, 0.717) is 0 Å². The molecule has 2 aromatic carbocycles. The summed E-state index contributed by atoms with van der Waals surface area (Å²) in [6.45, 7) is 0. The number of nitrogens with one attached hydrogen (secondary N) is 2. The third-order valence-corrected chi connectivity index (χ3v) is 3.52. The maximum absolute atomic E-state index is 12.0. The van der Waals surface area contributed by atoms with E-state index < -0.39 is 6.04 Å². The predicted octanol–water partition coefficient (Wildman–Crippen LogP) is 3.26. The number of phenolic OH excluding ortho intramolecular Hbond substituents is 1. The second-order valence-electron chi connectivity index (χ2n) is 4.35. The van der Waals surface area contributed by atoms with Crippen LogP contribution in [-0.2, 0) is 4.79 Å². The Morgan fingerprint density at radius 2 is 1.89 bits per heavy atom. The van der Waals surface area contributed by atoms with Crippen molar-refractivity contribution < 1.29 is 9.90 Å². The third-order valence-electron chi connectivity index (χ3n) is 3.02. The second-order valence-corrected chi connectivity index (χ2v) is 5.26. The van der Waals surface area contributed by atoms with Crippen molar-refractivity contribution in [1.29, 1.82) is 0 Å². The molecule has 2 aromatic rings. The van der Waals surface area contributed by atoms with Crippen molar-refractivity contribution in [2.24, 2.45) is 0 Å². The largest absolute Gasteiger partial charge is 0.508 e. The lowest BCUT2D eigenvalue weighted by molar-refractivity contribution is -0.116. The molecule has 1 aliphatic heterocycles. The first kappa shape index (κ1) is 12.0. The normalized spacial score (nSPS) is 16.9. The van der Waals surface area contributed by atoms with Gasteiger partial charge in [0.2, 0.25) is 0 Å². The van der Waals surface area contributed by atoms with Crippen LogP contribution in [0.4, 0.5) is 11.4 Å². The van der Waals surface area contributed by atoms with Crippen LogP contribution in [0.2, 0.25) is 0 Å². The number of halogens is 1. The van der Waals surface area contributed by atoms with Crippen molar-refractivity contribution in [1.82, 2.24) is 0 Å². The molecule has 5 heteroatoms. The Balaban J connectivity index is 1.90. The van der Waals surface area contributed by atoms with E-state index in [0.717, 1.165) is 21.4 Å². The first-order valence-corrected chi connectivity index (χ1v) is 6.59. The fourth-order valence-electron chi connectivity index (χ4n) is 2.10. The van der Waals surface area contributed by atoms with Gasteiger partial charge in [0.1, 0.15) is 11.8 Å². The molecule has 1 unspecified atom stereocenters. The zero-order chi connectivity index (χ0) is 13.4. The lowest BCUT2D eigenvalue weighted by Crippen LogP contribution is -2.19. The number of fused-ring (bicyclic) bond motifs is 1. The highest BCUT2D eigenvalue weighted by Gasteiger charge is 2.30. The molecule has 3 rings (SSSR count). The van der Waals surface area contributed by atoms with Crippen LogP contribution >= 0.6 is 15.9 Å². The van der Waals surface area contributed by atoms with Crippen LogP contribution in [0.3, 0.4) is 0 Å². The maximum Gasteiger partial charge on any atom is 0.251 e. The molecule has 1 heterocycles. The monoisotopic (exact) mass is 318 g/mol. The third kappa shape index (κ3) is 2.29.